The third-order valence-corrected chi connectivity index (χ3v) is 4.40. The second kappa shape index (κ2) is 6.79. The van der Waals surface area contributed by atoms with E-state index in [9.17, 15) is 4.79 Å². The summed E-state index contributed by atoms with van der Waals surface area (Å²) in [6.07, 6.45) is 7.14. The van der Waals surface area contributed by atoms with E-state index in [0.29, 0.717) is 6.04 Å². The van der Waals surface area contributed by atoms with E-state index in [1.165, 1.54) is 38.8 Å². The van der Waals surface area contributed by atoms with Crippen LogP contribution >= 0.6 is 0 Å². The molecule has 1 saturated carbocycles. The summed E-state index contributed by atoms with van der Waals surface area (Å²) in [5.74, 6) is 1.74. The monoisotopic (exact) mass is 282 g/mol. The van der Waals surface area contributed by atoms with Gasteiger partial charge in [-0.1, -0.05) is 0 Å². The zero-order valence-corrected chi connectivity index (χ0v) is 13.2. The van der Waals surface area contributed by atoms with Crippen molar-refractivity contribution in [3.05, 3.63) is 0 Å². The first-order valence-corrected chi connectivity index (χ1v) is 8.12. The zero-order chi connectivity index (χ0) is 14.6. The molecule has 0 aromatic rings. The molecular weight excluding hydrogens is 252 g/mol. The third-order valence-electron chi connectivity index (χ3n) is 4.40. The van der Waals surface area contributed by atoms with Crippen molar-refractivity contribution < 1.29 is 9.53 Å². The molecule has 0 bridgehead atoms. The van der Waals surface area contributed by atoms with E-state index >= 15 is 0 Å². The van der Waals surface area contributed by atoms with Crippen LogP contribution in [0.5, 0.6) is 0 Å². The Morgan fingerprint density at radius 2 is 1.85 bits per heavy atom. The summed E-state index contributed by atoms with van der Waals surface area (Å²) < 4.78 is 5.32. The Morgan fingerprint density at radius 3 is 2.40 bits per heavy atom. The van der Waals surface area contributed by atoms with Gasteiger partial charge < -0.3 is 15.4 Å². The number of hydrogen-bond acceptors (Lipinski definition) is 3. The minimum atomic E-state index is -0.406. The van der Waals surface area contributed by atoms with Crippen molar-refractivity contribution in [2.45, 2.75) is 70.9 Å². The lowest BCUT2D eigenvalue weighted by molar-refractivity contribution is 0.0485. The minimum Gasteiger partial charge on any atom is -0.444 e. The second-order valence-corrected chi connectivity index (χ2v) is 7.46. The molecule has 4 nitrogen and oxygen atoms in total. The molecule has 2 aliphatic rings. The first kappa shape index (κ1) is 15.6. The van der Waals surface area contributed by atoms with Gasteiger partial charge in [-0.05, 0) is 84.2 Å². The lowest BCUT2D eigenvalue weighted by atomic mass is 9.80. The fraction of sp³-hybridized carbons (Fsp3) is 0.938. The molecule has 20 heavy (non-hydrogen) atoms. The number of carbonyl (C=O) groups is 1. The maximum Gasteiger partial charge on any atom is 0.407 e. The average molecular weight is 282 g/mol. The summed E-state index contributed by atoms with van der Waals surface area (Å²) in [7, 11) is 0. The van der Waals surface area contributed by atoms with Crippen molar-refractivity contribution in [3.63, 3.8) is 0 Å². The van der Waals surface area contributed by atoms with E-state index in [1.54, 1.807) is 0 Å². The van der Waals surface area contributed by atoms with Gasteiger partial charge in [0.15, 0.2) is 0 Å². The number of rotatable bonds is 3. The van der Waals surface area contributed by atoms with E-state index in [2.05, 4.69) is 10.6 Å². The number of ether oxygens (including phenoxy) is 1. The van der Waals surface area contributed by atoms with Crippen molar-refractivity contribution in [2.24, 2.45) is 11.8 Å². The molecule has 1 amide bonds. The molecule has 2 rings (SSSR count). The lowest BCUT2D eigenvalue weighted by Gasteiger charge is -2.31. The van der Waals surface area contributed by atoms with Gasteiger partial charge >= 0.3 is 6.09 Å². The second-order valence-electron chi connectivity index (χ2n) is 7.46. The summed E-state index contributed by atoms with van der Waals surface area (Å²) in [6.45, 7) is 8.10. The first-order valence-electron chi connectivity index (χ1n) is 8.12. The van der Waals surface area contributed by atoms with Crippen LogP contribution in [-0.2, 0) is 4.74 Å². The van der Waals surface area contributed by atoms with Gasteiger partial charge in [-0.25, -0.2) is 4.79 Å². The highest BCUT2D eigenvalue weighted by atomic mass is 16.6. The quantitative estimate of drug-likeness (QED) is 0.836. The molecule has 0 spiro atoms. The first-order chi connectivity index (χ1) is 9.42. The Balaban J connectivity index is 1.64. The average Bonchev–Trinajstić information content (AvgIpc) is 2.82. The molecule has 0 radical (unpaired) electrons. The fourth-order valence-corrected chi connectivity index (χ4v) is 3.40. The van der Waals surface area contributed by atoms with Crippen LogP contribution in [0, 0.1) is 11.8 Å². The Hall–Kier alpha value is -0.770. The Morgan fingerprint density at radius 1 is 1.15 bits per heavy atom. The molecule has 2 N–H and O–H groups in total. The summed E-state index contributed by atoms with van der Waals surface area (Å²) in [4.78, 5) is 11.7. The van der Waals surface area contributed by atoms with Gasteiger partial charge in [0, 0.05) is 6.04 Å². The van der Waals surface area contributed by atoms with Crippen LogP contribution in [0.2, 0.25) is 0 Å². The van der Waals surface area contributed by atoms with E-state index in [4.69, 9.17) is 4.74 Å². The van der Waals surface area contributed by atoms with Gasteiger partial charge in [0.1, 0.15) is 5.60 Å². The van der Waals surface area contributed by atoms with Crippen LogP contribution in [0.25, 0.3) is 0 Å². The van der Waals surface area contributed by atoms with Gasteiger partial charge in [0.05, 0.1) is 0 Å². The number of carbonyl (C=O) groups excluding carboxylic acids is 1. The molecular formula is C16H30N2O2. The summed E-state index contributed by atoms with van der Waals surface area (Å²) >= 11 is 0. The van der Waals surface area contributed by atoms with Crippen LogP contribution in [-0.4, -0.2) is 30.8 Å². The minimum absolute atomic E-state index is 0.263. The highest BCUT2D eigenvalue weighted by Crippen LogP contribution is 2.31. The van der Waals surface area contributed by atoms with Crippen molar-refractivity contribution >= 4 is 6.09 Å². The number of nitrogens with one attached hydrogen (secondary N) is 2. The van der Waals surface area contributed by atoms with Crippen LogP contribution < -0.4 is 10.6 Å². The van der Waals surface area contributed by atoms with Gasteiger partial charge in [-0.15, -0.1) is 0 Å². The summed E-state index contributed by atoms with van der Waals surface area (Å²) in [5, 5.41) is 6.46. The van der Waals surface area contributed by atoms with Crippen molar-refractivity contribution in [1.82, 2.24) is 10.6 Å². The highest BCUT2D eigenvalue weighted by molar-refractivity contribution is 5.68. The number of hydrogen-bond donors (Lipinski definition) is 2. The number of amides is 1. The smallest absolute Gasteiger partial charge is 0.407 e. The maximum absolute atomic E-state index is 11.7. The molecule has 1 atom stereocenters. The zero-order valence-electron chi connectivity index (χ0n) is 13.2. The largest absolute Gasteiger partial charge is 0.444 e. The number of alkyl carbamates (subject to hydrolysis) is 1. The molecule has 0 aromatic carbocycles. The predicted octanol–water partition coefficient (Wildman–Crippen LogP) is 3.07. The Labute approximate surface area is 123 Å². The Kier molecular flexibility index (Phi) is 5.30. The lowest BCUT2D eigenvalue weighted by Crippen LogP contribution is -2.41. The highest BCUT2D eigenvalue weighted by Gasteiger charge is 2.27. The van der Waals surface area contributed by atoms with Crippen molar-refractivity contribution in [3.8, 4) is 0 Å². The molecule has 116 valence electrons. The summed E-state index contributed by atoms with van der Waals surface area (Å²) in [5.41, 5.74) is -0.406. The predicted molar refractivity (Wildman–Crippen MR) is 80.7 cm³/mol. The van der Waals surface area contributed by atoms with E-state index in [0.717, 1.165) is 24.7 Å². The standard InChI is InChI=1S/C16H30N2O2/c1-16(2,3)20-15(19)18-14-6-4-12(5-7-14)10-13-8-9-17-11-13/h12-14,17H,4-11H2,1-3H3,(H,18,19). The van der Waals surface area contributed by atoms with Gasteiger partial charge in [0.2, 0.25) is 0 Å². The normalized spacial score (nSPS) is 31.1. The Bertz CT molecular complexity index is 311. The molecule has 2 fully saturated rings. The van der Waals surface area contributed by atoms with Crippen LogP contribution in [0.3, 0.4) is 0 Å². The van der Waals surface area contributed by atoms with E-state index in [-0.39, 0.29) is 6.09 Å². The van der Waals surface area contributed by atoms with Crippen LogP contribution in [0.4, 0.5) is 4.79 Å². The third kappa shape index (κ3) is 5.31. The molecule has 1 aliphatic heterocycles. The molecule has 1 unspecified atom stereocenters. The van der Waals surface area contributed by atoms with Crippen LogP contribution in [0.1, 0.15) is 59.3 Å². The van der Waals surface area contributed by atoms with Gasteiger partial charge in [0.25, 0.3) is 0 Å². The van der Waals surface area contributed by atoms with E-state index in [1.807, 2.05) is 20.8 Å². The molecule has 1 saturated heterocycles. The maximum atomic E-state index is 11.7. The molecule has 4 heteroatoms. The topological polar surface area (TPSA) is 50.4 Å². The molecule has 0 aromatic heterocycles. The van der Waals surface area contributed by atoms with E-state index < -0.39 is 5.60 Å². The van der Waals surface area contributed by atoms with Crippen molar-refractivity contribution in [1.29, 1.82) is 0 Å². The van der Waals surface area contributed by atoms with Gasteiger partial charge in [-0.2, -0.15) is 0 Å². The molecule has 1 heterocycles. The SMILES string of the molecule is CC(C)(C)OC(=O)NC1CCC(CC2CCNC2)CC1. The van der Waals surface area contributed by atoms with Crippen molar-refractivity contribution in [2.75, 3.05) is 13.1 Å². The summed E-state index contributed by atoms with van der Waals surface area (Å²) in [6, 6.07) is 0.308. The fourth-order valence-electron chi connectivity index (χ4n) is 3.40. The van der Waals surface area contributed by atoms with Gasteiger partial charge in [-0.3, -0.25) is 0 Å². The molecule has 1 aliphatic carbocycles. The van der Waals surface area contributed by atoms with Crippen LogP contribution in [0.15, 0.2) is 0 Å².